The van der Waals surface area contributed by atoms with Crippen molar-refractivity contribution in [3.63, 3.8) is 0 Å². The van der Waals surface area contributed by atoms with Crippen LogP contribution in [0.1, 0.15) is 25.1 Å². The molecular formula is C17H24N4O. The molecule has 22 heavy (non-hydrogen) atoms. The number of nitrogens with one attached hydrogen (secondary N) is 2. The van der Waals surface area contributed by atoms with E-state index in [1.54, 1.807) is 7.11 Å². The smallest absolute Gasteiger partial charge is 0.224 e. The topological polar surface area (TPSA) is 59.1 Å². The summed E-state index contributed by atoms with van der Waals surface area (Å²) >= 11 is 0. The van der Waals surface area contributed by atoms with Crippen LogP contribution < -0.4 is 15.4 Å². The molecule has 2 rings (SSSR count). The Labute approximate surface area is 132 Å². The molecule has 0 aliphatic heterocycles. The molecule has 0 saturated carbocycles. The van der Waals surface area contributed by atoms with Crippen molar-refractivity contribution in [3.05, 3.63) is 41.6 Å². The fourth-order valence-corrected chi connectivity index (χ4v) is 2.13. The predicted octanol–water partition coefficient (Wildman–Crippen LogP) is 3.27. The van der Waals surface area contributed by atoms with Gasteiger partial charge in [0.1, 0.15) is 11.6 Å². The van der Waals surface area contributed by atoms with Crippen molar-refractivity contribution in [2.45, 2.75) is 33.2 Å². The molecular weight excluding hydrogens is 276 g/mol. The first-order valence-corrected chi connectivity index (χ1v) is 7.56. The maximum atomic E-state index is 5.16. The summed E-state index contributed by atoms with van der Waals surface area (Å²) in [5, 5.41) is 6.58. The molecule has 5 nitrogen and oxygen atoms in total. The molecule has 118 valence electrons. The van der Waals surface area contributed by atoms with Crippen molar-refractivity contribution in [3.8, 4) is 5.75 Å². The molecule has 2 aromatic rings. The third kappa shape index (κ3) is 4.91. The van der Waals surface area contributed by atoms with Crippen molar-refractivity contribution in [1.29, 1.82) is 0 Å². The van der Waals surface area contributed by atoms with Gasteiger partial charge in [0.25, 0.3) is 0 Å². The zero-order chi connectivity index (χ0) is 15.9. The first-order chi connectivity index (χ1) is 10.6. The van der Waals surface area contributed by atoms with E-state index in [0.717, 1.165) is 30.2 Å². The Morgan fingerprint density at radius 2 is 1.86 bits per heavy atom. The predicted molar refractivity (Wildman–Crippen MR) is 90.7 cm³/mol. The van der Waals surface area contributed by atoms with Gasteiger partial charge in [0.05, 0.1) is 7.11 Å². The van der Waals surface area contributed by atoms with Crippen molar-refractivity contribution >= 4 is 11.8 Å². The second-order valence-electron chi connectivity index (χ2n) is 5.54. The van der Waals surface area contributed by atoms with Gasteiger partial charge in [-0.2, -0.15) is 4.98 Å². The Balaban J connectivity index is 1.91. The number of aryl methyl sites for hydroxylation is 1. The molecule has 0 aliphatic carbocycles. The lowest BCUT2D eigenvalue weighted by Crippen LogP contribution is -2.14. The van der Waals surface area contributed by atoms with E-state index < -0.39 is 0 Å². The van der Waals surface area contributed by atoms with Crippen LogP contribution in [0.15, 0.2) is 30.3 Å². The van der Waals surface area contributed by atoms with Crippen LogP contribution >= 0.6 is 0 Å². The summed E-state index contributed by atoms with van der Waals surface area (Å²) < 4.78 is 5.16. The highest BCUT2D eigenvalue weighted by Gasteiger charge is 2.03. The Hall–Kier alpha value is -2.30. The molecule has 0 amide bonds. The monoisotopic (exact) mass is 300 g/mol. The molecule has 2 N–H and O–H groups in total. The van der Waals surface area contributed by atoms with Crippen LogP contribution in [0, 0.1) is 6.92 Å². The van der Waals surface area contributed by atoms with Gasteiger partial charge in [0.15, 0.2) is 0 Å². The first-order valence-electron chi connectivity index (χ1n) is 7.56. The summed E-state index contributed by atoms with van der Waals surface area (Å²) in [7, 11) is 1.68. The van der Waals surface area contributed by atoms with E-state index in [-0.39, 0.29) is 0 Å². The Kier molecular flexibility index (Phi) is 5.58. The van der Waals surface area contributed by atoms with E-state index in [0.29, 0.717) is 12.0 Å². The molecule has 0 saturated heterocycles. The van der Waals surface area contributed by atoms with Crippen LogP contribution in [-0.2, 0) is 6.42 Å². The van der Waals surface area contributed by atoms with Crippen LogP contribution in [0.5, 0.6) is 5.75 Å². The lowest BCUT2D eigenvalue weighted by atomic mass is 10.1. The van der Waals surface area contributed by atoms with E-state index in [9.17, 15) is 0 Å². The fourth-order valence-electron chi connectivity index (χ4n) is 2.13. The van der Waals surface area contributed by atoms with E-state index in [1.807, 2.05) is 25.1 Å². The summed E-state index contributed by atoms with van der Waals surface area (Å²) in [5.74, 6) is 2.40. The molecule has 1 aromatic heterocycles. The van der Waals surface area contributed by atoms with E-state index in [1.165, 1.54) is 5.56 Å². The maximum absolute atomic E-state index is 5.16. The summed E-state index contributed by atoms with van der Waals surface area (Å²) in [6, 6.07) is 10.4. The number of nitrogens with zero attached hydrogens (tertiary/aromatic N) is 2. The number of ether oxygens (including phenoxy) is 1. The largest absolute Gasteiger partial charge is 0.497 e. The number of benzene rings is 1. The maximum Gasteiger partial charge on any atom is 0.224 e. The number of hydrogen-bond acceptors (Lipinski definition) is 5. The van der Waals surface area contributed by atoms with Crippen molar-refractivity contribution in [1.82, 2.24) is 9.97 Å². The molecule has 0 unspecified atom stereocenters. The first kappa shape index (κ1) is 16.1. The fraction of sp³-hybridized carbons (Fsp3) is 0.412. The average molecular weight is 300 g/mol. The zero-order valence-corrected chi connectivity index (χ0v) is 13.7. The highest BCUT2D eigenvalue weighted by Crippen LogP contribution is 2.13. The van der Waals surface area contributed by atoms with Crippen molar-refractivity contribution in [2.75, 3.05) is 24.3 Å². The molecule has 1 heterocycles. The van der Waals surface area contributed by atoms with Gasteiger partial charge in [0.2, 0.25) is 5.95 Å². The quantitative estimate of drug-likeness (QED) is 0.822. The molecule has 0 bridgehead atoms. The minimum absolute atomic E-state index is 0.349. The second kappa shape index (κ2) is 7.64. The van der Waals surface area contributed by atoms with E-state index in [2.05, 4.69) is 46.6 Å². The molecule has 0 fully saturated rings. The minimum atomic E-state index is 0.349. The van der Waals surface area contributed by atoms with Gasteiger partial charge >= 0.3 is 0 Å². The van der Waals surface area contributed by atoms with Gasteiger partial charge in [-0.1, -0.05) is 12.1 Å². The van der Waals surface area contributed by atoms with Gasteiger partial charge in [-0.3, -0.25) is 0 Å². The lowest BCUT2D eigenvalue weighted by Gasteiger charge is -2.12. The molecule has 1 aromatic carbocycles. The van der Waals surface area contributed by atoms with Gasteiger partial charge in [-0.15, -0.1) is 0 Å². The van der Waals surface area contributed by atoms with Gasteiger partial charge in [0, 0.05) is 24.3 Å². The molecule has 0 spiro atoms. The molecule has 0 aliphatic rings. The highest BCUT2D eigenvalue weighted by atomic mass is 16.5. The Morgan fingerprint density at radius 1 is 1.14 bits per heavy atom. The summed E-state index contributed by atoms with van der Waals surface area (Å²) in [4.78, 5) is 8.90. The Morgan fingerprint density at radius 3 is 2.50 bits per heavy atom. The zero-order valence-electron chi connectivity index (χ0n) is 13.7. The second-order valence-corrected chi connectivity index (χ2v) is 5.54. The minimum Gasteiger partial charge on any atom is -0.497 e. The van der Waals surface area contributed by atoms with Crippen LogP contribution in [0.4, 0.5) is 11.8 Å². The van der Waals surface area contributed by atoms with Crippen molar-refractivity contribution in [2.24, 2.45) is 0 Å². The Bertz CT molecular complexity index is 596. The number of hydrogen-bond donors (Lipinski definition) is 2. The van der Waals surface area contributed by atoms with Crippen LogP contribution in [0.3, 0.4) is 0 Å². The van der Waals surface area contributed by atoms with Gasteiger partial charge in [-0.05, 0) is 44.9 Å². The SMILES string of the molecule is COc1ccc(CCNc2nc(C)cc(NC(C)C)n2)cc1. The summed E-state index contributed by atoms with van der Waals surface area (Å²) in [6.45, 7) is 6.95. The number of methoxy groups -OCH3 is 1. The number of rotatable bonds is 7. The van der Waals surface area contributed by atoms with E-state index in [4.69, 9.17) is 4.74 Å². The van der Waals surface area contributed by atoms with E-state index >= 15 is 0 Å². The summed E-state index contributed by atoms with van der Waals surface area (Å²) in [5.41, 5.74) is 2.20. The van der Waals surface area contributed by atoms with Crippen LogP contribution in [0.25, 0.3) is 0 Å². The van der Waals surface area contributed by atoms with Gasteiger partial charge in [-0.25, -0.2) is 4.98 Å². The summed E-state index contributed by atoms with van der Waals surface area (Å²) in [6.07, 6.45) is 0.911. The van der Waals surface area contributed by atoms with Crippen LogP contribution in [0.2, 0.25) is 0 Å². The lowest BCUT2D eigenvalue weighted by molar-refractivity contribution is 0.414. The van der Waals surface area contributed by atoms with Crippen LogP contribution in [-0.4, -0.2) is 29.7 Å². The highest BCUT2D eigenvalue weighted by molar-refractivity contribution is 5.42. The van der Waals surface area contributed by atoms with Crippen molar-refractivity contribution < 1.29 is 4.74 Å². The molecule has 0 atom stereocenters. The van der Waals surface area contributed by atoms with Gasteiger partial charge < -0.3 is 15.4 Å². The average Bonchev–Trinajstić information content (AvgIpc) is 2.46. The molecule has 5 heteroatoms. The number of anilines is 2. The molecule has 0 radical (unpaired) electrons. The third-order valence-electron chi connectivity index (χ3n) is 3.15. The normalized spacial score (nSPS) is 10.6. The third-order valence-corrected chi connectivity index (χ3v) is 3.15. The number of aromatic nitrogens is 2. The standard InChI is InChI=1S/C17H24N4O/c1-12(2)19-16-11-13(3)20-17(21-16)18-10-9-14-5-7-15(22-4)8-6-14/h5-8,11-12H,9-10H2,1-4H3,(H2,18,19,20,21).